The van der Waals surface area contributed by atoms with E-state index in [1.165, 1.54) is 6.08 Å². The number of halogens is 1. The van der Waals surface area contributed by atoms with Gasteiger partial charge in [-0.2, -0.15) is 0 Å². The molecule has 0 aromatic carbocycles. The molecule has 0 amide bonds. The van der Waals surface area contributed by atoms with Crippen LogP contribution in [0, 0.1) is 28.6 Å². The number of carbonyl (C=O) groups excluding carboxylic acids is 3. The van der Waals surface area contributed by atoms with Crippen molar-refractivity contribution in [3.05, 3.63) is 23.3 Å². The summed E-state index contributed by atoms with van der Waals surface area (Å²) in [4.78, 5) is 36.8. The highest BCUT2D eigenvalue weighted by Crippen LogP contribution is 2.64. The SMILES string of the molecule is C[C@]12C(=O)CC(=O)C=C1C(F)C[C@@H]1C2=CC[C@]2(C)[C@@H](C(=O)CO)CC[C@@H]12. The molecule has 0 saturated heterocycles. The van der Waals surface area contributed by atoms with Crippen LogP contribution in [0.4, 0.5) is 4.39 Å². The summed E-state index contributed by atoms with van der Waals surface area (Å²) in [6, 6.07) is 0. The number of ketones is 3. The van der Waals surface area contributed by atoms with E-state index in [-0.39, 0.29) is 53.4 Å². The van der Waals surface area contributed by atoms with Crippen LogP contribution < -0.4 is 0 Å². The molecular formula is C21H25FO4. The van der Waals surface area contributed by atoms with Gasteiger partial charge < -0.3 is 5.11 Å². The van der Waals surface area contributed by atoms with Gasteiger partial charge in [-0.3, -0.25) is 14.4 Å². The quantitative estimate of drug-likeness (QED) is 0.607. The van der Waals surface area contributed by atoms with Crippen molar-refractivity contribution in [2.45, 2.75) is 52.1 Å². The van der Waals surface area contributed by atoms with Crippen LogP contribution in [0.25, 0.3) is 0 Å². The van der Waals surface area contributed by atoms with Crippen LogP contribution in [0.5, 0.6) is 0 Å². The summed E-state index contributed by atoms with van der Waals surface area (Å²) >= 11 is 0. The number of hydrogen-bond acceptors (Lipinski definition) is 4. The van der Waals surface area contributed by atoms with Crippen molar-refractivity contribution in [3.63, 3.8) is 0 Å². The molecule has 0 bridgehead atoms. The number of Topliss-reactive ketones (excluding diaryl/α,β-unsaturated/α-hetero) is 2. The normalized spacial score (nSPS) is 44.6. The van der Waals surface area contributed by atoms with Crippen LogP contribution in [-0.4, -0.2) is 35.2 Å². The predicted octanol–water partition coefficient (Wildman–Crippen LogP) is 2.74. The van der Waals surface area contributed by atoms with Crippen molar-refractivity contribution in [2.75, 3.05) is 6.61 Å². The molecule has 0 heterocycles. The van der Waals surface area contributed by atoms with Gasteiger partial charge in [-0.05, 0) is 61.5 Å². The minimum atomic E-state index is -1.30. The molecule has 6 atom stereocenters. The van der Waals surface area contributed by atoms with E-state index in [2.05, 4.69) is 6.92 Å². The minimum Gasteiger partial charge on any atom is -0.389 e. The number of fused-ring (bicyclic) bond motifs is 5. The summed E-state index contributed by atoms with van der Waals surface area (Å²) < 4.78 is 15.1. The Morgan fingerprint density at radius 1 is 1.27 bits per heavy atom. The van der Waals surface area contributed by atoms with Crippen LogP contribution in [0.2, 0.25) is 0 Å². The first kappa shape index (κ1) is 17.8. The average molecular weight is 360 g/mol. The Labute approximate surface area is 152 Å². The molecule has 26 heavy (non-hydrogen) atoms. The van der Waals surface area contributed by atoms with Gasteiger partial charge in [0.1, 0.15) is 12.8 Å². The second kappa shape index (κ2) is 5.69. The Bertz CT molecular complexity index is 766. The van der Waals surface area contributed by atoms with Gasteiger partial charge in [0.15, 0.2) is 17.3 Å². The highest BCUT2D eigenvalue weighted by atomic mass is 19.1. The summed E-state index contributed by atoms with van der Waals surface area (Å²) in [5, 5.41) is 9.32. The van der Waals surface area contributed by atoms with Gasteiger partial charge in [-0.15, -0.1) is 0 Å². The maximum atomic E-state index is 15.1. The molecule has 2 saturated carbocycles. The van der Waals surface area contributed by atoms with Crippen LogP contribution in [0.3, 0.4) is 0 Å². The third-order valence-corrected chi connectivity index (χ3v) is 7.76. The number of carbonyl (C=O) groups is 3. The van der Waals surface area contributed by atoms with Crippen LogP contribution >= 0.6 is 0 Å². The zero-order chi connectivity index (χ0) is 18.9. The van der Waals surface area contributed by atoms with E-state index in [1.54, 1.807) is 6.92 Å². The lowest BCUT2D eigenvalue weighted by Gasteiger charge is -2.53. The van der Waals surface area contributed by atoms with Crippen molar-refractivity contribution in [2.24, 2.45) is 28.6 Å². The fourth-order valence-corrected chi connectivity index (χ4v) is 6.37. The Morgan fingerprint density at radius 3 is 2.69 bits per heavy atom. The summed E-state index contributed by atoms with van der Waals surface area (Å²) in [6.45, 7) is 3.39. The van der Waals surface area contributed by atoms with E-state index in [1.807, 2.05) is 6.08 Å². The van der Waals surface area contributed by atoms with Gasteiger partial charge in [-0.25, -0.2) is 4.39 Å². The fourth-order valence-electron chi connectivity index (χ4n) is 6.37. The third-order valence-electron chi connectivity index (χ3n) is 7.76. The Hall–Kier alpha value is -1.62. The van der Waals surface area contributed by atoms with E-state index >= 15 is 4.39 Å². The van der Waals surface area contributed by atoms with Crippen LogP contribution in [-0.2, 0) is 14.4 Å². The molecule has 4 aliphatic carbocycles. The first-order chi connectivity index (χ1) is 12.2. The standard InChI is InChI=1S/C21H25FO4/c1-20-6-5-14-12(13(20)3-4-15(20)18(25)10-23)9-17(22)16-7-11(24)8-19(26)21(14,16)2/h5,7,12-13,15,17,23H,3-4,6,8-10H2,1-2H3/t12-,13-,15+,17?,20-,21+/m0/s1. The number of alkyl halides is 1. The Morgan fingerprint density at radius 2 is 2.00 bits per heavy atom. The van der Waals surface area contributed by atoms with Crippen LogP contribution in [0.1, 0.15) is 46.0 Å². The Balaban J connectivity index is 1.80. The minimum absolute atomic E-state index is 0.0838. The summed E-state index contributed by atoms with van der Waals surface area (Å²) in [7, 11) is 0. The van der Waals surface area contributed by atoms with Gasteiger partial charge in [-0.1, -0.05) is 18.6 Å². The highest BCUT2D eigenvalue weighted by molar-refractivity contribution is 6.12. The molecule has 4 rings (SSSR count). The van der Waals surface area contributed by atoms with E-state index < -0.39 is 18.2 Å². The number of aliphatic hydroxyl groups excluding tert-OH is 1. The highest BCUT2D eigenvalue weighted by Gasteiger charge is 2.60. The maximum absolute atomic E-state index is 15.1. The molecule has 0 aliphatic heterocycles. The molecule has 0 aromatic heterocycles. The van der Waals surface area contributed by atoms with E-state index in [0.717, 1.165) is 12.0 Å². The lowest BCUT2D eigenvalue weighted by atomic mass is 9.50. The molecule has 1 unspecified atom stereocenters. The molecule has 2 fully saturated rings. The molecule has 0 aromatic rings. The van der Waals surface area contributed by atoms with Crippen molar-refractivity contribution < 1.29 is 23.9 Å². The molecule has 4 aliphatic rings. The van der Waals surface area contributed by atoms with Crippen molar-refractivity contribution in [1.29, 1.82) is 0 Å². The molecule has 5 heteroatoms. The summed E-state index contributed by atoms with van der Waals surface area (Å²) in [5.74, 6) is -0.806. The fraction of sp³-hybridized carbons (Fsp3) is 0.667. The monoisotopic (exact) mass is 360 g/mol. The van der Waals surface area contributed by atoms with Gasteiger partial charge in [0.25, 0.3) is 0 Å². The van der Waals surface area contributed by atoms with Gasteiger partial charge in [0, 0.05) is 5.92 Å². The van der Waals surface area contributed by atoms with E-state index in [9.17, 15) is 19.5 Å². The predicted molar refractivity (Wildman–Crippen MR) is 92.9 cm³/mol. The van der Waals surface area contributed by atoms with Crippen molar-refractivity contribution in [1.82, 2.24) is 0 Å². The molecule has 140 valence electrons. The molecule has 1 N–H and O–H groups in total. The molecule has 4 nitrogen and oxygen atoms in total. The lowest BCUT2D eigenvalue weighted by molar-refractivity contribution is -0.133. The first-order valence-electron chi connectivity index (χ1n) is 9.50. The smallest absolute Gasteiger partial charge is 0.163 e. The number of rotatable bonds is 2. The topological polar surface area (TPSA) is 71.4 Å². The van der Waals surface area contributed by atoms with E-state index in [0.29, 0.717) is 18.4 Å². The first-order valence-corrected chi connectivity index (χ1v) is 9.50. The zero-order valence-electron chi connectivity index (χ0n) is 15.3. The molecule has 0 radical (unpaired) electrons. The number of hydrogen-bond donors (Lipinski definition) is 1. The molecular weight excluding hydrogens is 335 g/mol. The largest absolute Gasteiger partial charge is 0.389 e. The van der Waals surface area contributed by atoms with E-state index in [4.69, 9.17) is 0 Å². The second-order valence-electron chi connectivity index (χ2n) is 8.83. The summed E-state index contributed by atoms with van der Waals surface area (Å²) in [6.07, 6.45) is 4.37. The maximum Gasteiger partial charge on any atom is 0.163 e. The van der Waals surface area contributed by atoms with Gasteiger partial charge >= 0.3 is 0 Å². The van der Waals surface area contributed by atoms with Gasteiger partial charge in [0.2, 0.25) is 0 Å². The lowest BCUT2D eigenvalue weighted by Crippen LogP contribution is -2.51. The Kier molecular flexibility index (Phi) is 3.89. The molecule has 0 spiro atoms. The third kappa shape index (κ3) is 2.13. The number of aliphatic hydroxyl groups is 1. The van der Waals surface area contributed by atoms with Gasteiger partial charge in [0.05, 0.1) is 11.8 Å². The second-order valence-corrected chi connectivity index (χ2v) is 8.83. The summed E-state index contributed by atoms with van der Waals surface area (Å²) in [5.41, 5.74) is -0.0318. The van der Waals surface area contributed by atoms with Crippen molar-refractivity contribution >= 4 is 17.3 Å². The zero-order valence-corrected chi connectivity index (χ0v) is 15.3. The average Bonchev–Trinajstić information content (AvgIpc) is 2.94. The van der Waals surface area contributed by atoms with Crippen LogP contribution in [0.15, 0.2) is 23.3 Å². The number of allylic oxidation sites excluding steroid dienone is 4. The van der Waals surface area contributed by atoms with Crippen molar-refractivity contribution in [3.8, 4) is 0 Å².